The second kappa shape index (κ2) is 8.93. The summed E-state index contributed by atoms with van der Waals surface area (Å²) in [5, 5.41) is 0. The number of benzene rings is 3. The summed E-state index contributed by atoms with van der Waals surface area (Å²) in [6, 6.07) is 19.6. The van der Waals surface area contributed by atoms with E-state index < -0.39 is 5.97 Å². The minimum Gasteiger partial charge on any atom is -0.497 e. The van der Waals surface area contributed by atoms with Crippen molar-refractivity contribution in [2.45, 2.75) is 6.54 Å². The number of rotatable bonds is 6. The first kappa shape index (κ1) is 21.1. The lowest BCUT2D eigenvalue weighted by Crippen LogP contribution is -2.30. The number of anilines is 3. The molecule has 7 heteroatoms. The maximum atomic E-state index is 13.7. The number of carbonyl (C=O) groups is 3. The number of aldehydes is 1. The van der Waals surface area contributed by atoms with Gasteiger partial charge in [-0.1, -0.05) is 24.3 Å². The van der Waals surface area contributed by atoms with Gasteiger partial charge in [-0.2, -0.15) is 0 Å². The third-order valence-corrected chi connectivity index (χ3v) is 5.41. The van der Waals surface area contributed by atoms with Crippen molar-refractivity contribution < 1.29 is 23.9 Å². The Balaban J connectivity index is 1.90. The Morgan fingerprint density at radius 1 is 0.906 bits per heavy atom. The van der Waals surface area contributed by atoms with Crippen molar-refractivity contribution in [3.63, 3.8) is 0 Å². The average molecular weight is 430 g/mol. The molecule has 1 heterocycles. The highest BCUT2D eigenvalue weighted by molar-refractivity contribution is 6.14. The predicted molar refractivity (Wildman–Crippen MR) is 121 cm³/mol. The molecule has 1 amide bonds. The Morgan fingerprint density at radius 3 is 2.34 bits per heavy atom. The number of esters is 1. The van der Waals surface area contributed by atoms with Gasteiger partial charge in [0.2, 0.25) is 0 Å². The molecule has 4 rings (SSSR count). The first-order valence-electron chi connectivity index (χ1n) is 10.0. The number of para-hydroxylation sites is 1. The SMILES string of the molecule is COC(=O)c1ccc2c(c1)N(Cc1ccc(OC)cc1)C(=O)c1ccccc1N2CC=O. The van der Waals surface area contributed by atoms with E-state index in [1.807, 2.05) is 36.4 Å². The van der Waals surface area contributed by atoms with Crippen LogP contribution in [0.25, 0.3) is 0 Å². The van der Waals surface area contributed by atoms with E-state index in [9.17, 15) is 14.4 Å². The van der Waals surface area contributed by atoms with E-state index in [2.05, 4.69) is 0 Å². The molecule has 162 valence electrons. The molecule has 3 aromatic carbocycles. The van der Waals surface area contributed by atoms with E-state index >= 15 is 0 Å². The topological polar surface area (TPSA) is 76.2 Å². The molecule has 0 saturated heterocycles. The van der Waals surface area contributed by atoms with E-state index in [4.69, 9.17) is 9.47 Å². The highest BCUT2D eigenvalue weighted by Crippen LogP contribution is 2.41. The summed E-state index contributed by atoms with van der Waals surface area (Å²) in [6.07, 6.45) is 0.790. The summed E-state index contributed by atoms with van der Waals surface area (Å²) < 4.78 is 10.1. The minimum atomic E-state index is -0.506. The number of hydrogen-bond donors (Lipinski definition) is 0. The van der Waals surface area contributed by atoms with Crippen LogP contribution in [0.1, 0.15) is 26.3 Å². The van der Waals surface area contributed by atoms with Crippen LogP contribution in [-0.2, 0) is 16.1 Å². The fourth-order valence-electron chi connectivity index (χ4n) is 3.83. The highest BCUT2D eigenvalue weighted by Gasteiger charge is 2.31. The van der Waals surface area contributed by atoms with Crippen LogP contribution in [0, 0.1) is 0 Å². The van der Waals surface area contributed by atoms with Crippen LogP contribution in [0.15, 0.2) is 66.7 Å². The van der Waals surface area contributed by atoms with Gasteiger partial charge in [-0.25, -0.2) is 4.79 Å². The van der Waals surface area contributed by atoms with Crippen LogP contribution in [0.4, 0.5) is 17.1 Å². The first-order valence-corrected chi connectivity index (χ1v) is 10.0. The fourth-order valence-corrected chi connectivity index (χ4v) is 3.83. The zero-order chi connectivity index (χ0) is 22.7. The standard InChI is InChI=1S/C25H22N2O5/c1-31-19-10-7-17(8-11-19)16-27-23-15-18(25(30)32-2)9-12-22(23)26(13-14-28)21-6-4-3-5-20(21)24(27)29/h3-12,14-15H,13,16H2,1-2H3. The Kier molecular flexibility index (Phi) is 5.89. The Morgan fingerprint density at radius 2 is 1.66 bits per heavy atom. The molecule has 1 aliphatic heterocycles. The maximum absolute atomic E-state index is 13.7. The van der Waals surface area contributed by atoms with Gasteiger partial charge in [-0.3, -0.25) is 4.79 Å². The number of methoxy groups -OCH3 is 2. The zero-order valence-corrected chi connectivity index (χ0v) is 17.8. The van der Waals surface area contributed by atoms with Gasteiger partial charge in [-0.15, -0.1) is 0 Å². The quantitative estimate of drug-likeness (QED) is 0.435. The van der Waals surface area contributed by atoms with Crippen molar-refractivity contribution in [2.24, 2.45) is 0 Å². The Labute approximate surface area is 185 Å². The number of amides is 1. The van der Waals surface area contributed by atoms with Gasteiger partial charge in [0.15, 0.2) is 0 Å². The molecule has 32 heavy (non-hydrogen) atoms. The number of nitrogens with zero attached hydrogens (tertiary/aromatic N) is 2. The third-order valence-electron chi connectivity index (χ3n) is 5.41. The van der Waals surface area contributed by atoms with Crippen molar-refractivity contribution in [2.75, 3.05) is 30.6 Å². The maximum Gasteiger partial charge on any atom is 0.337 e. The molecule has 1 aliphatic rings. The molecule has 0 bridgehead atoms. The largest absolute Gasteiger partial charge is 0.497 e. The number of carbonyl (C=O) groups excluding carboxylic acids is 3. The van der Waals surface area contributed by atoms with Crippen molar-refractivity contribution in [3.05, 3.63) is 83.4 Å². The van der Waals surface area contributed by atoms with E-state index in [1.54, 1.807) is 47.2 Å². The molecule has 0 radical (unpaired) electrons. The van der Waals surface area contributed by atoms with E-state index in [1.165, 1.54) is 7.11 Å². The number of fused-ring (bicyclic) bond motifs is 2. The third kappa shape index (κ3) is 3.80. The first-order chi connectivity index (χ1) is 15.6. The second-order valence-corrected chi connectivity index (χ2v) is 7.23. The van der Waals surface area contributed by atoms with Gasteiger partial charge in [-0.05, 0) is 48.0 Å². The molecule has 0 aromatic heterocycles. The fraction of sp³-hybridized carbons (Fsp3) is 0.160. The lowest BCUT2D eigenvalue weighted by Gasteiger charge is -2.26. The van der Waals surface area contributed by atoms with Gasteiger partial charge < -0.3 is 24.1 Å². The van der Waals surface area contributed by atoms with E-state index in [0.29, 0.717) is 33.9 Å². The molecule has 0 N–H and O–H groups in total. The molecule has 0 unspecified atom stereocenters. The van der Waals surface area contributed by atoms with Crippen molar-refractivity contribution in [1.29, 1.82) is 0 Å². The van der Waals surface area contributed by atoms with Crippen LogP contribution in [0.3, 0.4) is 0 Å². The number of ether oxygens (including phenoxy) is 2. The molecular formula is C25H22N2O5. The summed E-state index contributed by atoms with van der Waals surface area (Å²) in [4.78, 5) is 40.8. The van der Waals surface area contributed by atoms with Gasteiger partial charge >= 0.3 is 5.97 Å². The van der Waals surface area contributed by atoms with Crippen LogP contribution < -0.4 is 14.5 Å². The van der Waals surface area contributed by atoms with Gasteiger partial charge in [0.25, 0.3) is 5.91 Å². The predicted octanol–water partition coefficient (Wildman–Crippen LogP) is 3.98. The van der Waals surface area contributed by atoms with Crippen LogP contribution in [-0.4, -0.2) is 38.9 Å². The molecule has 0 fully saturated rings. The molecule has 0 atom stereocenters. The van der Waals surface area contributed by atoms with Crippen LogP contribution >= 0.6 is 0 Å². The monoisotopic (exact) mass is 430 g/mol. The van der Waals surface area contributed by atoms with Crippen molar-refractivity contribution >= 4 is 35.2 Å². The normalized spacial score (nSPS) is 12.5. The van der Waals surface area contributed by atoms with E-state index in [0.717, 1.165) is 11.8 Å². The van der Waals surface area contributed by atoms with Gasteiger partial charge in [0.05, 0.1) is 55.5 Å². The minimum absolute atomic E-state index is 0.0608. The summed E-state index contributed by atoms with van der Waals surface area (Å²) in [5.41, 5.74) is 3.47. The number of hydrogen-bond acceptors (Lipinski definition) is 6. The Hall–Kier alpha value is -4.13. The van der Waals surface area contributed by atoms with Crippen LogP contribution in [0.2, 0.25) is 0 Å². The van der Waals surface area contributed by atoms with Crippen molar-refractivity contribution in [1.82, 2.24) is 0 Å². The smallest absolute Gasteiger partial charge is 0.337 e. The Bertz CT molecular complexity index is 1170. The average Bonchev–Trinajstić information content (AvgIpc) is 2.93. The lowest BCUT2D eigenvalue weighted by atomic mass is 10.1. The molecule has 3 aromatic rings. The molecule has 0 saturated carbocycles. The summed E-state index contributed by atoms with van der Waals surface area (Å²) >= 11 is 0. The van der Waals surface area contributed by atoms with Crippen LogP contribution in [0.5, 0.6) is 5.75 Å². The highest BCUT2D eigenvalue weighted by atomic mass is 16.5. The summed E-state index contributed by atoms with van der Waals surface area (Å²) in [5.74, 6) is -0.0201. The molecule has 7 nitrogen and oxygen atoms in total. The lowest BCUT2D eigenvalue weighted by molar-refractivity contribution is -0.106. The van der Waals surface area contributed by atoms with Gasteiger partial charge in [0.1, 0.15) is 12.0 Å². The molecule has 0 spiro atoms. The second-order valence-electron chi connectivity index (χ2n) is 7.23. The van der Waals surface area contributed by atoms with E-state index in [-0.39, 0.29) is 19.0 Å². The summed E-state index contributed by atoms with van der Waals surface area (Å²) in [7, 11) is 2.90. The zero-order valence-electron chi connectivity index (χ0n) is 17.8. The molecular weight excluding hydrogens is 408 g/mol. The van der Waals surface area contributed by atoms with Crippen molar-refractivity contribution in [3.8, 4) is 5.75 Å². The summed E-state index contributed by atoms with van der Waals surface area (Å²) in [6.45, 7) is 0.328. The molecule has 0 aliphatic carbocycles. The van der Waals surface area contributed by atoms with Gasteiger partial charge in [0, 0.05) is 0 Å².